The zero-order chi connectivity index (χ0) is 7.28. The Balaban J connectivity index is 3.58. The van der Waals surface area contributed by atoms with Gasteiger partial charge in [0.05, 0.1) is 0 Å². The highest BCUT2D eigenvalue weighted by atomic mass is 16.1. The molecule has 0 aromatic rings. The highest BCUT2D eigenvalue weighted by Gasteiger charge is 2.06. The molecule has 0 aromatic carbocycles. The molecule has 0 radical (unpaired) electrons. The van der Waals surface area contributed by atoms with Crippen molar-refractivity contribution in [2.75, 3.05) is 0 Å². The predicted octanol–water partition coefficient (Wildman–Crippen LogP) is 2.18. The summed E-state index contributed by atoms with van der Waals surface area (Å²) in [4.78, 5) is 10.9. The monoisotopic (exact) mass is 126 g/mol. The summed E-state index contributed by atoms with van der Waals surface area (Å²) >= 11 is 0. The first kappa shape index (κ1) is 8.41. The van der Waals surface area contributed by atoms with Crippen LogP contribution in [0.5, 0.6) is 0 Å². The second-order valence-corrected chi connectivity index (χ2v) is 2.25. The normalized spacial score (nSPS) is 12.7. The van der Waals surface area contributed by atoms with E-state index in [1.807, 2.05) is 13.8 Å². The van der Waals surface area contributed by atoms with Crippen LogP contribution in [0.2, 0.25) is 0 Å². The minimum atomic E-state index is 0.174. The molecule has 1 atom stereocenters. The summed E-state index contributed by atoms with van der Waals surface area (Å²) in [7, 11) is 0. The molecule has 0 rings (SSSR count). The van der Waals surface area contributed by atoms with Crippen LogP contribution in [0, 0.1) is 5.92 Å². The van der Waals surface area contributed by atoms with Gasteiger partial charge in [0.1, 0.15) is 5.78 Å². The van der Waals surface area contributed by atoms with Crippen molar-refractivity contribution in [1.82, 2.24) is 0 Å². The maximum Gasteiger partial charge on any atom is 0.135 e. The Morgan fingerprint density at radius 3 is 2.67 bits per heavy atom. The average molecular weight is 126 g/mol. The molecular weight excluding hydrogens is 112 g/mol. The van der Waals surface area contributed by atoms with Crippen LogP contribution in [-0.2, 0) is 4.79 Å². The van der Waals surface area contributed by atoms with Crippen LogP contribution in [0.15, 0.2) is 12.7 Å². The molecule has 0 fully saturated rings. The number of hydrogen-bond acceptors (Lipinski definition) is 1. The maximum absolute atomic E-state index is 10.9. The first-order valence-electron chi connectivity index (χ1n) is 3.36. The lowest BCUT2D eigenvalue weighted by atomic mass is 10.0. The second kappa shape index (κ2) is 4.30. The summed E-state index contributed by atoms with van der Waals surface area (Å²) < 4.78 is 0. The summed E-state index contributed by atoms with van der Waals surface area (Å²) in [5, 5.41) is 0. The molecule has 0 bridgehead atoms. The molecule has 0 aliphatic heterocycles. The topological polar surface area (TPSA) is 17.1 Å². The van der Waals surface area contributed by atoms with E-state index in [1.54, 1.807) is 6.08 Å². The van der Waals surface area contributed by atoms with Crippen LogP contribution < -0.4 is 0 Å². The Bertz CT molecular complexity index is 105. The van der Waals surface area contributed by atoms with Gasteiger partial charge >= 0.3 is 0 Å². The zero-order valence-electron chi connectivity index (χ0n) is 6.18. The third kappa shape index (κ3) is 3.07. The largest absolute Gasteiger partial charge is 0.299 e. The molecule has 0 saturated heterocycles. The zero-order valence-corrected chi connectivity index (χ0v) is 6.18. The number of carbonyl (C=O) groups is 1. The van der Waals surface area contributed by atoms with Crippen molar-refractivity contribution in [1.29, 1.82) is 0 Å². The van der Waals surface area contributed by atoms with E-state index in [2.05, 4.69) is 6.58 Å². The maximum atomic E-state index is 10.9. The van der Waals surface area contributed by atoms with Crippen molar-refractivity contribution >= 4 is 5.78 Å². The molecule has 0 N–H and O–H groups in total. The summed E-state index contributed by atoms with van der Waals surface area (Å²) in [6, 6.07) is 0. The number of rotatable bonds is 4. The fourth-order valence-electron chi connectivity index (χ4n) is 0.730. The van der Waals surface area contributed by atoms with Gasteiger partial charge in [0.2, 0.25) is 0 Å². The highest BCUT2D eigenvalue weighted by molar-refractivity contribution is 5.80. The molecule has 0 aliphatic rings. The van der Waals surface area contributed by atoms with E-state index in [0.717, 1.165) is 6.42 Å². The number of carbonyl (C=O) groups excluding carboxylic acids is 1. The third-order valence-electron chi connectivity index (χ3n) is 1.42. The Hall–Kier alpha value is -0.590. The lowest BCUT2D eigenvalue weighted by molar-refractivity contribution is -0.121. The van der Waals surface area contributed by atoms with Crippen LogP contribution in [0.4, 0.5) is 0 Å². The highest BCUT2D eigenvalue weighted by Crippen LogP contribution is 2.05. The van der Waals surface area contributed by atoms with Crippen LogP contribution in [0.1, 0.15) is 26.7 Å². The van der Waals surface area contributed by atoms with E-state index in [1.165, 1.54) is 0 Å². The minimum absolute atomic E-state index is 0.174. The van der Waals surface area contributed by atoms with E-state index in [-0.39, 0.29) is 5.92 Å². The summed E-state index contributed by atoms with van der Waals surface area (Å²) in [5.74, 6) is 0.502. The van der Waals surface area contributed by atoms with Gasteiger partial charge in [-0.25, -0.2) is 0 Å². The lowest BCUT2D eigenvalue weighted by Crippen LogP contribution is -2.07. The standard InChI is InChI=1S/C8H14O/c1-4-6-7(3)8(9)5-2/h4,7H,1,5-6H2,2-3H3/t7-/m1/s1. The molecule has 0 unspecified atom stereocenters. The van der Waals surface area contributed by atoms with Gasteiger partial charge in [-0.1, -0.05) is 19.9 Å². The fraction of sp³-hybridized carbons (Fsp3) is 0.625. The molecule has 9 heavy (non-hydrogen) atoms. The third-order valence-corrected chi connectivity index (χ3v) is 1.42. The number of hydrogen-bond donors (Lipinski definition) is 0. The smallest absolute Gasteiger partial charge is 0.135 e. The molecule has 0 saturated carbocycles. The Kier molecular flexibility index (Phi) is 4.02. The predicted molar refractivity (Wildman–Crippen MR) is 39.3 cm³/mol. The van der Waals surface area contributed by atoms with Crippen molar-refractivity contribution in [3.05, 3.63) is 12.7 Å². The van der Waals surface area contributed by atoms with Crippen LogP contribution in [0.3, 0.4) is 0 Å². The van der Waals surface area contributed by atoms with Gasteiger partial charge < -0.3 is 0 Å². The van der Waals surface area contributed by atoms with Gasteiger partial charge in [-0.2, -0.15) is 0 Å². The first-order valence-corrected chi connectivity index (χ1v) is 3.36. The van der Waals surface area contributed by atoms with Gasteiger partial charge in [0.25, 0.3) is 0 Å². The molecular formula is C8H14O. The first-order chi connectivity index (χ1) is 4.22. The van der Waals surface area contributed by atoms with E-state index in [4.69, 9.17) is 0 Å². The number of Topliss-reactive ketones (excluding diaryl/α,β-unsaturated/α-hetero) is 1. The number of ketones is 1. The van der Waals surface area contributed by atoms with Gasteiger partial charge in [-0.15, -0.1) is 6.58 Å². The Labute approximate surface area is 56.8 Å². The summed E-state index contributed by atoms with van der Waals surface area (Å²) in [6.07, 6.45) is 3.25. The van der Waals surface area contributed by atoms with E-state index in [0.29, 0.717) is 12.2 Å². The van der Waals surface area contributed by atoms with Crippen molar-refractivity contribution < 1.29 is 4.79 Å². The van der Waals surface area contributed by atoms with E-state index in [9.17, 15) is 4.79 Å². The van der Waals surface area contributed by atoms with Crippen LogP contribution >= 0.6 is 0 Å². The molecule has 1 nitrogen and oxygen atoms in total. The molecule has 0 spiro atoms. The van der Waals surface area contributed by atoms with Crippen molar-refractivity contribution in [2.24, 2.45) is 5.92 Å². The van der Waals surface area contributed by atoms with Crippen molar-refractivity contribution in [2.45, 2.75) is 26.7 Å². The van der Waals surface area contributed by atoms with E-state index < -0.39 is 0 Å². The Morgan fingerprint density at radius 2 is 2.33 bits per heavy atom. The second-order valence-electron chi connectivity index (χ2n) is 2.25. The summed E-state index contributed by atoms with van der Waals surface area (Å²) in [5.41, 5.74) is 0. The van der Waals surface area contributed by atoms with Crippen molar-refractivity contribution in [3.8, 4) is 0 Å². The molecule has 0 aliphatic carbocycles. The van der Waals surface area contributed by atoms with E-state index >= 15 is 0 Å². The Morgan fingerprint density at radius 1 is 1.78 bits per heavy atom. The van der Waals surface area contributed by atoms with Gasteiger partial charge in [-0.3, -0.25) is 4.79 Å². The van der Waals surface area contributed by atoms with Crippen LogP contribution in [0.25, 0.3) is 0 Å². The lowest BCUT2D eigenvalue weighted by Gasteiger charge is -2.02. The SMILES string of the molecule is C=CC[C@@H](C)C(=O)CC. The molecule has 1 heteroatoms. The quantitative estimate of drug-likeness (QED) is 0.528. The average Bonchev–Trinajstić information content (AvgIpc) is 1.87. The van der Waals surface area contributed by atoms with Crippen LogP contribution in [-0.4, -0.2) is 5.78 Å². The van der Waals surface area contributed by atoms with Gasteiger partial charge in [0, 0.05) is 12.3 Å². The fourth-order valence-corrected chi connectivity index (χ4v) is 0.730. The molecule has 0 heterocycles. The summed E-state index contributed by atoms with van der Waals surface area (Å²) in [6.45, 7) is 7.39. The molecule has 0 aromatic heterocycles. The molecule has 52 valence electrons. The number of allylic oxidation sites excluding steroid dienone is 1. The minimum Gasteiger partial charge on any atom is -0.299 e. The van der Waals surface area contributed by atoms with Gasteiger partial charge in [0.15, 0.2) is 0 Å². The van der Waals surface area contributed by atoms with Gasteiger partial charge in [-0.05, 0) is 6.42 Å². The molecule has 0 amide bonds. The van der Waals surface area contributed by atoms with Crippen molar-refractivity contribution in [3.63, 3.8) is 0 Å².